The summed E-state index contributed by atoms with van der Waals surface area (Å²) in [5.74, 6) is -0.187. The van der Waals surface area contributed by atoms with Crippen LogP contribution in [-0.4, -0.2) is 18.0 Å². The maximum atomic E-state index is 12.9. The fourth-order valence-electron chi connectivity index (χ4n) is 1.93. The molecule has 1 heterocycles. The van der Waals surface area contributed by atoms with Gasteiger partial charge in [-0.05, 0) is 31.5 Å². The number of hydrogen-bond acceptors (Lipinski definition) is 3. The van der Waals surface area contributed by atoms with Gasteiger partial charge in [-0.2, -0.15) is 0 Å². The van der Waals surface area contributed by atoms with Crippen molar-refractivity contribution in [2.24, 2.45) is 0 Å². The highest BCUT2D eigenvalue weighted by atomic mass is 33.1. The van der Waals surface area contributed by atoms with Gasteiger partial charge in [0.2, 0.25) is 0 Å². The van der Waals surface area contributed by atoms with E-state index in [-0.39, 0.29) is 21.9 Å². The summed E-state index contributed by atoms with van der Waals surface area (Å²) in [5, 5.41) is 0.283. The number of halogens is 1. The predicted octanol–water partition coefficient (Wildman–Crippen LogP) is 4.06. The predicted molar refractivity (Wildman–Crippen MR) is 69.2 cm³/mol. The van der Waals surface area contributed by atoms with Crippen molar-refractivity contribution < 1.29 is 9.13 Å². The maximum absolute atomic E-state index is 12.9. The highest BCUT2D eigenvalue weighted by Crippen LogP contribution is 2.58. The average molecular weight is 258 g/mol. The fourth-order valence-corrected chi connectivity index (χ4v) is 5.49. The molecule has 0 saturated carbocycles. The Labute approximate surface area is 104 Å². The van der Waals surface area contributed by atoms with Gasteiger partial charge in [0.1, 0.15) is 5.82 Å². The molecule has 2 unspecified atom stereocenters. The van der Waals surface area contributed by atoms with Crippen LogP contribution >= 0.6 is 21.6 Å². The van der Waals surface area contributed by atoms with Gasteiger partial charge >= 0.3 is 0 Å². The van der Waals surface area contributed by atoms with E-state index in [1.807, 2.05) is 33.7 Å². The second-order valence-electron chi connectivity index (χ2n) is 4.41. The Morgan fingerprint density at radius 1 is 1.25 bits per heavy atom. The van der Waals surface area contributed by atoms with E-state index in [2.05, 4.69) is 13.8 Å². The smallest absolute Gasteiger partial charge is 0.123 e. The Kier molecular flexibility index (Phi) is 3.52. The summed E-state index contributed by atoms with van der Waals surface area (Å²) in [4.78, 5) is 0. The third-order valence-electron chi connectivity index (χ3n) is 2.78. The highest BCUT2D eigenvalue weighted by Gasteiger charge is 2.44. The topological polar surface area (TPSA) is 9.23 Å². The third-order valence-corrected chi connectivity index (χ3v) is 6.46. The quantitative estimate of drug-likeness (QED) is 0.740. The molecule has 1 aliphatic heterocycles. The molecule has 1 aliphatic rings. The summed E-state index contributed by atoms with van der Waals surface area (Å²) in [7, 11) is 5.39. The lowest BCUT2D eigenvalue weighted by atomic mass is 9.97. The molecule has 0 N–H and O–H groups in total. The van der Waals surface area contributed by atoms with E-state index in [0.29, 0.717) is 0 Å². The van der Waals surface area contributed by atoms with Gasteiger partial charge in [-0.3, -0.25) is 0 Å². The molecular formula is C12H15FOS2. The second-order valence-corrected chi connectivity index (χ2v) is 7.41. The molecule has 0 spiro atoms. The Hall–Kier alpha value is -0.190. The van der Waals surface area contributed by atoms with Crippen LogP contribution in [0.15, 0.2) is 24.3 Å². The first kappa shape index (κ1) is 12.3. The van der Waals surface area contributed by atoms with Gasteiger partial charge in [0, 0.05) is 11.9 Å². The number of methoxy groups -OCH3 is 1. The molecule has 1 aromatic rings. The maximum Gasteiger partial charge on any atom is 0.123 e. The van der Waals surface area contributed by atoms with Crippen LogP contribution < -0.4 is 0 Å². The van der Waals surface area contributed by atoms with Crippen LogP contribution in [0.4, 0.5) is 4.39 Å². The van der Waals surface area contributed by atoms with Crippen molar-refractivity contribution in [3.8, 4) is 0 Å². The van der Waals surface area contributed by atoms with Crippen molar-refractivity contribution in [3.63, 3.8) is 0 Å². The third kappa shape index (κ3) is 2.24. The minimum Gasteiger partial charge on any atom is -0.378 e. The molecule has 2 atom stereocenters. The minimum absolute atomic E-state index is 0.0957. The van der Waals surface area contributed by atoms with E-state index >= 15 is 0 Å². The first-order valence-corrected chi connectivity index (χ1v) is 7.38. The monoisotopic (exact) mass is 258 g/mol. The first-order chi connectivity index (χ1) is 7.54. The van der Waals surface area contributed by atoms with Crippen molar-refractivity contribution >= 4 is 21.6 Å². The highest BCUT2D eigenvalue weighted by molar-refractivity contribution is 8.77. The van der Waals surface area contributed by atoms with Gasteiger partial charge in [0.25, 0.3) is 0 Å². The molecule has 0 bridgehead atoms. The summed E-state index contributed by atoms with van der Waals surface area (Å²) in [5.41, 5.74) is 1.14. The van der Waals surface area contributed by atoms with E-state index < -0.39 is 0 Å². The standard InChI is InChI=1S/C12H15FOS2/c1-12(2)11(14-3)10(15-16-12)8-4-6-9(13)7-5-8/h4-7,10-11H,1-3H3. The van der Waals surface area contributed by atoms with E-state index in [1.165, 1.54) is 12.1 Å². The van der Waals surface area contributed by atoms with Crippen LogP contribution in [0.5, 0.6) is 0 Å². The lowest BCUT2D eigenvalue weighted by molar-refractivity contribution is 0.0791. The van der Waals surface area contributed by atoms with Crippen LogP contribution in [0.2, 0.25) is 0 Å². The van der Waals surface area contributed by atoms with E-state index in [4.69, 9.17) is 4.74 Å². The number of benzene rings is 1. The minimum atomic E-state index is -0.187. The van der Waals surface area contributed by atoms with Gasteiger partial charge in [-0.25, -0.2) is 4.39 Å². The summed E-state index contributed by atoms with van der Waals surface area (Å²) < 4.78 is 18.5. The molecule has 0 radical (unpaired) electrons. The molecule has 1 nitrogen and oxygen atoms in total. The SMILES string of the molecule is COC1C(c2ccc(F)cc2)SSC1(C)C. The zero-order valence-electron chi connectivity index (χ0n) is 9.57. The molecule has 0 aliphatic carbocycles. The number of hydrogen-bond donors (Lipinski definition) is 0. The van der Waals surface area contributed by atoms with Gasteiger partial charge in [0.15, 0.2) is 0 Å². The fraction of sp³-hybridized carbons (Fsp3) is 0.500. The molecule has 0 amide bonds. The molecule has 1 aromatic carbocycles. The van der Waals surface area contributed by atoms with E-state index in [1.54, 1.807) is 7.11 Å². The number of rotatable bonds is 2. The molecule has 16 heavy (non-hydrogen) atoms. The Morgan fingerprint density at radius 3 is 2.44 bits per heavy atom. The van der Waals surface area contributed by atoms with Gasteiger partial charge < -0.3 is 4.74 Å². The zero-order valence-corrected chi connectivity index (χ0v) is 11.2. The molecule has 88 valence electrons. The number of ether oxygens (including phenoxy) is 1. The normalized spacial score (nSPS) is 28.2. The molecule has 1 fully saturated rings. The largest absolute Gasteiger partial charge is 0.378 e. The zero-order chi connectivity index (χ0) is 11.8. The summed E-state index contributed by atoms with van der Waals surface area (Å²) in [6, 6.07) is 6.72. The van der Waals surface area contributed by atoms with E-state index in [0.717, 1.165) is 5.56 Å². The van der Waals surface area contributed by atoms with Crippen molar-refractivity contribution in [2.45, 2.75) is 29.9 Å². The van der Waals surface area contributed by atoms with Crippen molar-refractivity contribution in [2.75, 3.05) is 7.11 Å². The summed E-state index contributed by atoms with van der Waals surface area (Å²) in [6.07, 6.45) is 0.160. The Balaban J connectivity index is 2.25. The van der Waals surface area contributed by atoms with Crippen molar-refractivity contribution in [1.29, 1.82) is 0 Å². The van der Waals surface area contributed by atoms with Crippen LogP contribution in [0.1, 0.15) is 24.7 Å². The summed E-state index contributed by atoms with van der Waals surface area (Å²) >= 11 is 0. The van der Waals surface area contributed by atoms with Crippen LogP contribution in [0.3, 0.4) is 0 Å². The lowest BCUT2D eigenvalue weighted by Crippen LogP contribution is -2.33. The Bertz CT molecular complexity index is 364. The van der Waals surface area contributed by atoms with Crippen molar-refractivity contribution in [3.05, 3.63) is 35.6 Å². The van der Waals surface area contributed by atoms with Gasteiger partial charge in [0.05, 0.1) is 11.4 Å². The van der Waals surface area contributed by atoms with Crippen LogP contribution in [0, 0.1) is 5.82 Å². The van der Waals surface area contributed by atoms with Gasteiger partial charge in [-0.1, -0.05) is 33.7 Å². The molecule has 0 aromatic heterocycles. The van der Waals surface area contributed by atoms with Crippen LogP contribution in [0.25, 0.3) is 0 Å². The summed E-state index contributed by atoms with van der Waals surface area (Å²) in [6.45, 7) is 4.37. The van der Waals surface area contributed by atoms with Gasteiger partial charge in [-0.15, -0.1) is 0 Å². The first-order valence-electron chi connectivity index (χ1n) is 5.17. The molecule has 4 heteroatoms. The van der Waals surface area contributed by atoms with Crippen molar-refractivity contribution in [1.82, 2.24) is 0 Å². The lowest BCUT2D eigenvalue weighted by Gasteiger charge is -2.26. The molecular weight excluding hydrogens is 243 g/mol. The van der Waals surface area contributed by atoms with E-state index in [9.17, 15) is 4.39 Å². The Morgan fingerprint density at radius 2 is 1.88 bits per heavy atom. The van der Waals surface area contributed by atoms with Crippen LogP contribution in [-0.2, 0) is 4.74 Å². The second kappa shape index (κ2) is 4.59. The average Bonchev–Trinajstić information content (AvgIpc) is 2.54. The molecule has 1 saturated heterocycles. The molecule has 2 rings (SSSR count).